The van der Waals surface area contributed by atoms with Gasteiger partial charge >= 0.3 is 0 Å². The second-order valence-electron chi connectivity index (χ2n) is 19.0. The summed E-state index contributed by atoms with van der Waals surface area (Å²) >= 11 is 1.89. The van der Waals surface area contributed by atoms with Crippen molar-refractivity contribution >= 4 is 111 Å². The standard InChI is InChI=1S/C56H46BN3S/c1-55(2,3)35-23-27-38(28-24-35)58(39-29-25-36(26-30-39)56(4,5)6)47-33-32-46-51-54(47)59(37-15-8-7-9-16-37)45-21-12-11-19-43(45)57(51)44-20-14-18-40-41-31-34-49-50(53(41)60(46)52(40)44)42-17-10-13-22-48(42)61-49/h7-34H,1-6H3. The Hall–Kier alpha value is -6.56. The van der Waals surface area contributed by atoms with Gasteiger partial charge in [-0.15, -0.1) is 11.3 Å². The minimum absolute atomic E-state index is 0.0183. The highest BCUT2D eigenvalue weighted by Crippen LogP contribution is 2.50. The van der Waals surface area contributed by atoms with E-state index in [2.05, 4.69) is 226 Å². The van der Waals surface area contributed by atoms with Gasteiger partial charge in [-0.1, -0.05) is 145 Å². The zero-order valence-electron chi connectivity index (χ0n) is 35.5. The Morgan fingerprint density at radius 1 is 0.475 bits per heavy atom. The van der Waals surface area contributed by atoms with Crippen molar-refractivity contribution in [2.75, 3.05) is 9.80 Å². The van der Waals surface area contributed by atoms with Crippen LogP contribution in [0.3, 0.4) is 0 Å². The maximum absolute atomic E-state index is 2.64. The van der Waals surface area contributed by atoms with E-state index >= 15 is 0 Å². The highest BCUT2D eigenvalue weighted by molar-refractivity contribution is 7.26. The number of hydrogen-bond acceptors (Lipinski definition) is 3. The van der Waals surface area contributed by atoms with Crippen LogP contribution in [0.5, 0.6) is 0 Å². The molecule has 0 unspecified atom stereocenters. The van der Waals surface area contributed by atoms with Gasteiger partial charge in [-0.2, -0.15) is 0 Å². The molecule has 294 valence electrons. The summed E-state index contributed by atoms with van der Waals surface area (Å²) in [7, 11) is 0. The first-order chi connectivity index (χ1) is 29.6. The number of thiophene rings is 1. The molecule has 2 aliphatic rings. The molecular formula is C56H46BN3S. The topological polar surface area (TPSA) is 11.4 Å². The summed E-state index contributed by atoms with van der Waals surface area (Å²) in [4.78, 5) is 5.05. The lowest BCUT2D eigenvalue weighted by Crippen LogP contribution is -2.60. The molecule has 0 fully saturated rings. The van der Waals surface area contributed by atoms with Gasteiger partial charge < -0.3 is 14.4 Å². The Bertz CT molecular complexity index is 3320. The summed E-state index contributed by atoms with van der Waals surface area (Å²) in [6.45, 7) is 13.8. The minimum Gasteiger partial charge on any atom is -0.310 e. The largest absolute Gasteiger partial charge is 0.310 e. The number of anilines is 6. The van der Waals surface area contributed by atoms with Crippen LogP contribution in [0.2, 0.25) is 0 Å². The first-order valence-electron chi connectivity index (χ1n) is 21.6. The summed E-state index contributed by atoms with van der Waals surface area (Å²) < 4.78 is 5.28. The van der Waals surface area contributed by atoms with Crippen molar-refractivity contribution in [3.05, 3.63) is 181 Å². The molecule has 0 N–H and O–H groups in total. The van der Waals surface area contributed by atoms with Crippen molar-refractivity contribution in [1.82, 2.24) is 4.57 Å². The highest BCUT2D eigenvalue weighted by atomic mass is 32.1. The lowest BCUT2D eigenvalue weighted by Gasteiger charge is -2.43. The Kier molecular flexibility index (Phi) is 7.72. The molecule has 0 bridgehead atoms. The van der Waals surface area contributed by atoms with Crippen molar-refractivity contribution < 1.29 is 0 Å². The van der Waals surface area contributed by atoms with Crippen LogP contribution in [0, 0.1) is 0 Å². The summed E-state index contributed by atoms with van der Waals surface area (Å²) in [5.41, 5.74) is 17.5. The number of nitrogens with zero attached hydrogens (tertiary/aromatic N) is 3. The van der Waals surface area contributed by atoms with Gasteiger partial charge in [0.1, 0.15) is 0 Å². The minimum atomic E-state index is 0.0183. The normalized spacial score (nSPS) is 13.3. The molecule has 0 saturated heterocycles. The van der Waals surface area contributed by atoms with E-state index in [0.29, 0.717) is 0 Å². The second-order valence-corrected chi connectivity index (χ2v) is 20.1. The average Bonchev–Trinajstić information content (AvgIpc) is 3.82. The lowest BCUT2D eigenvalue weighted by molar-refractivity contribution is 0.590. The summed E-state index contributed by atoms with van der Waals surface area (Å²) in [5, 5.41) is 5.27. The third-order valence-corrected chi connectivity index (χ3v) is 14.4. The van der Waals surface area contributed by atoms with Crippen LogP contribution in [0.25, 0.3) is 47.7 Å². The predicted molar refractivity (Wildman–Crippen MR) is 265 cm³/mol. The maximum Gasteiger partial charge on any atom is 0.252 e. The van der Waals surface area contributed by atoms with Crippen molar-refractivity contribution in [3.8, 4) is 5.69 Å². The van der Waals surface area contributed by atoms with Gasteiger partial charge in [-0.3, -0.25) is 0 Å². The average molecular weight is 804 g/mol. The van der Waals surface area contributed by atoms with E-state index in [1.165, 1.54) is 86.6 Å². The number of rotatable bonds is 4. The first kappa shape index (κ1) is 36.3. The van der Waals surface area contributed by atoms with Crippen molar-refractivity contribution in [2.24, 2.45) is 0 Å². The van der Waals surface area contributed by atoms with E-state index in [1.54, 1.807) is 0 Å². The number of benzene rings is 8. The quantitative estimate of drug-likeness (QED) is 0.164. The molecule has 0 amide bonds. The second kappa shape index (κ2) is 13.0. The van der Waals surface area contributed by atoms with Crippen LogP contribution < -0.4 is 26.2 Å². The molecule has 2 aliphatic heterocycles. The zero-order valence-corrected chi connectivity index (χ0v) is 36.3. The molecule has 0 aliphatic carbocycles. The van der Waals surface area contributed by atoms with E-state index in [0.717, 1.165) is 22.7 Å². The van der Waals surface area contributed by atoms with E-state index in [9.17, 15) is 0 Å². The van der Waals surface area contributed by atoms with E-state index in [4.69, 9.17) is 0 Å². The fraction of sp³-hybridized carbons (Fsp3) is 0.143. The Morgan fingerprint density at radius 2 is 1.08 bits per heavy atom. The summed E-state index contributed by atoms with van der Waals surface area (Å²) in [6, 6.07) is 64.2. The molecule has 0 saturated carbocycles. The number of para-hydroxylation sites is 3. The lowest BCUT2D eigenvalue weighted by atomic mass is 9.33. The molecule has 0 atom stereocenters. The fourth-order valence-corrected chi connectivity index (χ4v) is 11.5. The van der Waals surface area contributed by atoms with Gasteiger partial charge in [0.25, 0.3) is 6.71 Å². The molecule has 4 heterocycles. The van der Waals surface area contributed by atoms with Gasteiger partial charge in [-0.25, -0.2) is 0 Å². The molecule has 5 heteroatoms. The Morgan fingerprint density at radius 3 is 1.79 bits per heavy atom. The van der Waals surface area contributed by atoms with Gasteiger partial charge in [-0.05, 0) is 105 Å². The summed E-state index contributed by atoms with van der Waals surface area (Å²) in [5.74, 6) is 0. The molecule has 3 nitrogen and oxygen atoms in total. The van der Waals surface area contributed by atoms with Crippen LogP contribution >= 0.6 is 11.3 Å². The first-order valence-corrected chi connectivity index (χ1v) is 22.4. The fourth-order valence-electron chi connectivity index (χ4n) is 10.4. The van der Waals surface area contributed by atoms with E-state index < -0.39 is 0 Å². The highest BCUT2D eigenvalue weighted by Gasteiger charge is 2.44. The molecule has 61 heavy (non-hydrogen) atoms. The van der Waals surface area contributed by atoms with E-state index in [-0.39, 0.29) is 17.5 Å². The molecule has 12 rings (SSSR count). The molecular weight excluding hydrogens is 758 g/mol. The monoisotopic (exact) mass is 803 g/mol. The SMILES string of the molecule is CC(C)(C)c1ccc(N(c2ccc(C(C)(C)C)cc2)c2ccc3c4c2N(c2ccccc2)c2ccccc2B4c2cccc4c5ccc6sc7ccccc7c6c5n-3c24)cc1. The van der Waals surface area contributed by atoms with Crippen LogP contribution in [0.1, 0.15) is 52.7 Å². The molecule has 0 spiro atoms. The Labute approximate surface area is 362 Å². The van der Waals surface area contributed by atoms with Crippen molar-refractivity contribution in [1.29, 1.82) is 0 Å². The Balaban J connectivity index is 1.24. The molecule has 8 aromatic carbocycles. The van der Waals surface area contributed by atoms with Crippen LogP contribution in [0.15, 0.2) is 170 Å². The molecule has 2 aromatic heterocycles. The number of hydrogen-bond donors (Lipinski definition) is 0. The third-order valence-electron chi connectivity index (χ3n) is 13.3. The zero-order chi connectivity index (χ0) is 41.4. The van der Waals surface area contributed by atoms with Crippen LogP contribution in [-0.4, -0.2) is 11.3 Å². The van der Waals surface area contributed by atoms with Crippen molar-refractivity contribution in [3.63, 3.8) is 0 Å². The summed E-state index contributed by atoms with van der Waals surface area (Å²) in [6.07, 6.45) is 0. The smallest absolute Gasteiger partial charge is 0.252 e. The maximum atomic E-state index is 2.64. The van der Waals surface area contributed by atoms with Crippen LogP contribution in [-0.2, 0) is 10.8 Å². The molecule has 0 radical (unpaired) electrons. The predicted octanol–water partition coefficient (Wildman–Crippen LogP) is 13.8. The third kappa shape index (κ3) is 5.29. The van der Waals surface area contributed by atoms with Crippen LogP contribution in [0.4, 0.5) is 34.1 Å². The number of fused-ring (bicyclic) bond motifs is 11. The van der Waals surface area contributed by atoms with Gasteiger partial charge in [0.2, 0.25) is 0 Å². The van der Waals surface area contributed by atoms with Gasteiger partial charge in [0, 0.05) is 64.9 Å². The van der Waals surface area contributed by atoms with Gasteiger partial charge in [0.15, 0.2) is 0 Å². The van der Waals surface area contributed by atoms with E-state index in [1.807, 2.05) is 11.3 Å². The molecule has 10 aromatic rings. The van der Waals surface area contributed by atoms with Crippen molar-refractivity contribution in [2.45, 2.75) is 52.4 Å². The number of aromatic nitrogens is 1. The van der Waals surface area contributed by atoms with Gasteiger partial charge in [0.05, 0.1) is 16.9 Å².